The summed E-state index contributed by atoms with van der Waals surface area (Å²) < 4.78 is 1.78. The molecule has 19 heavy (non-hydrogen) atoms. The van der Waals surface area contributed by atoms with Crippen LogP contribution in [0.5, 0.6) is 0 Å². The van der Waals surface area contributed by atoms with Gasteiger partial charge in [0.05, 0.1) is 10.6 Å². The molecule has 1 heterocycles. The van der Waals surface area contributed by atoms with Crippen LogP contribution in [0.4, 0.5) is 5.69 Å². The molecule has 1 atom stereocenters. The molecule has 6 heteroatoms. The predicted molar refractivity (Wildman–Crippen MR) is 71.6 cm³/mol. The number of nitrogens with one attached hydrogen (secondary N) is 1. The Balaban J connectivity index is 2.10. The smallest absolute Gasteiger partial charge is 0.274 e. The zero-order valence-electron chi connectivity index (χ0n) is 10.9. The van der Waals surface area contributed by atoms with E-state index in [1.54, 1.807) is 23.0 Å². The largest absolute Gasteiger partial charge is 0.304 e. The van der Waals surface area contributed by atoms with E-state index in [0.717, 1.165) is 5.69 Å². The van der Waals surface area contributed by atoms with E-state index in [2.05, 4.69) is 10.4 Å². The highest BCUT2D eigenvalue weighted by Crippen LogP contribution is 2.24. The highest BCUT2D eigenvalue weighted by Gasteiger charge is 2.17. The van der Waals surface area contributed by atoms with Crippen LogP contribution in [0.2, 0.25) is 0 Å². The molecule has 0 fully saturated rings. The zero-order valence-corrected chi connectivity index (χ0v) is 10.9. The number of para-hydroxylation sites is 1. The summed E-state index contributed by atoms with van der Waals surface area (Å²) in [7, 11) is 1.87. The lowest BCUT2D eigenvalue weighted by Crippen LogP contribution is -2.20. The van der Waals surface area contributed by atoms with Crippen LogP contribution in [-0.4, -0.2) is 14.7 Å². The summed E-state index contributed by atoms with van der Waals surface area (Å²) in [5.41, 5.74) is 1.87. The Morgan fingerprint density at radius 1 is 1.42 bits per heavy atom. The van der Waals surface area contributed by atoms with E-state index in [4.69, 9.17) is 0 Å². The van der Waals surface area contributed by atoms with Crippen LogP contribution in [0.3, 0.4) is 0 Å². The van der Waals surface area contributed by atoms with Crippen LogP contribution in [0, 0.1) is 10.1 Å². The Morgan fingerprint density at radius 3 is 2.79 bits per heavy atom. The minimum atomic E-state index is -0.350. The molecule has 0 aliphatic rings. The summed E-state index contributed by atoms with van der Waals surface area (Å²) in [6, 6.07) is 8.60. The summed E-state index contributed by atoms with van der Waals surface area (Å²) in [5.74, 6) is 0. The van der Waals surface area contributed by atoms with Gasteiger partial charge in [0.1, 0.15) is 0 Å². The first-order valence-electron chi connectivity index (χ1n) is 6.03. The molecule has 6 nitrogen and oxygen atoms in total. The van der Waals surface area contributed by atoms with E-state index in [1.165, 1.54) is 6.07 Å². The van der Waals surface area contributed by atoms with Gasteiger partial charge < -0.3 is 5.32 Å². The zero-order chi connectivity index (χ0) is 13.8. The second-order valence-electron chi connectivity index (χ2n) is 4.36. The summed E-state index contributed by atoms with van der Waals surface area (Å²) in [6.45, 7) is 2.53. The molecule has 2 aromatic rings. The summed E-state index contributed by atoms with van der Waals surface area (Å²) in [4.78, 5) is 10.6. The second-order valence-corrected chi connectivity index (χ2v) is 4.36. The van der Waals surface area contributed by atoms with Crippen LogP contribution in [-0.2, 0) is 13.6 Å². The Morgan fingerprint density at radius 2 is 2.16 bits per heavy atom. The molecule has 1 N–H and O–H groups in total. The van der Waals surface area contributed by atoms with Crippen molar-refractivity contribution in [2.45, 2.75) is 19.5 Å². The van der Waals surface area contributed by atoms with E-state index >= 15 is 0 Å². The average molecular weight is 260 g/mol. The van der Waals surface area contributed by atoms with Crippen molar-refractivity contribution in [3.05, 3.63) is 57.9 Å². The van der Waals surface area contributed by atoms with Gasteiger partial charge in [-0.3, -0.25) is 14.8 Å². The molecule has 1 aromatic heterocycles. The van der Waals surface area contributed by atoms with Crippen molar-refractivity contribution in [3.8, 4) is 0 Å². The van der Waals surface area contributed by atoms with E-state index in [9.17, 15) is 10.1 Å². The lowest BCUT2D eigenvalue weighted by atomic mass is 10.1. The third-order valence-corrected chi connectivity index (χ3v) is 3.11. The maximum absolute atomic E-state index is 11.0. The number of nitrogens with zero attached hydrogens (tertiary/aromatic N) is 3. The van der Waals surface area contributed by atoms with Gasteiger partial charge in [0, 0.05) is 37.5 Å². The van der Waals surface area contributed by atoms with E-state index in [-0.39, 0.29) is 16.7 Å². The molecule has 100 valence electrons. The highest BCUT2D eigenvalue weighted by atomic mass is 16.6. The molecule has 0 saturated heterocycles. The number of benzene rings is 1. The van der Waals surface area contributed by atoms with Crippen molar-refractivity contribution in [1.82, 2.24) is 15.1 Å². The molecule has 0 amide bonds. The normalized spacial score (nSPS) is 12.3. The van der Waals surface area contributed by atoms with Crippen LogP contribution >= 0.6 is 0 Å². The van der Waals surface area contributed by atoms with Crippen molar-refractivity contribution in [2.24, 2.45) is 7.05 Å². The standard InChI is InChI=1S/C13H16N4O2/c1-10(14-9-11-7-8-15-16(11)2)12-5-3-4-6-13(12)17(18)19/h3-8,10,14H,9H2,1-2H3. The summed E-state index contributed by atoms with van der Waals surface area (Å²) in [5, 5.41) is 18.3. The van der Waals surface area contributed by atoms with E-state index in [0.29, 0.717) is 12.1 Å². The SMILES string of the molecule is CC(NCc1ccnn1C)c1ccccc1[N+](=O)[O-]. The maximum atomic E-state index is 11.0. The quantitative estimate of drug-likeness (QED) is 0.660. The molecule has 0 spiro atoms. The van der Waals surface area contributed by atoms with Crippen molar-refractivity contribution in [3.63, 3.8) is 0 Å². The average Bonchev–Trinajstić information content (AvgIpc) is 2.81. The fourth-order valence-corrected chi connectivity index (χ4v) is 1.96. The summed E-state index contributed by atoms with van der Waals surface area (Å²) in [6.07, 6.45) is 1.73. The first-order chi connectivity index (χ1) is 9.09. The predicted octanol–water partition coefficient (Wildman–Crippen LogP) is 2.18. The fourth-order valence-electron chi connectivity index (χ4n) is 1.96. The molecule has 0 aliphatic heterocycles. The van der Waals surface area contributed by atoms with Crippen LogP contribution in [0.25, 0.3) is 0 Å². The van der Waals surface area contributed by atoms with Gasteiger partial charge in [0.25, 0.3) is 5.69 Å². The van der Waals surface area contributed by atoms with Crippen molar-refractivity contribution in [1.29, 1.82) is 0 Å². The number of nitro groups is 1. The first-order valence-corrected chi connectivity index (χ1v) is 6.03. The molecule has 0 bridgehead atoms. The van der Waals surface area contributed by atoms with Crippen LogP contribution < -0.4 is 5.32 Å². The maximum Gasteiger partial charge on any atom is 0.274 e. The number of hydrogen-bond donors (Lipinski definition) is 1. The van der Waals surface area contributed by atoms with Gasteiger partial charge >= 0.3 is 0 Å². The minimum Gasteiger partial charge on any atom is -0.304 e. The van der Waals surface area contributed by atoms with Gasteiger partial charge in [-0.2, -0.15) is 5.10 Å². The minimum absolute atomic E-state index is 0.100. The van der Waals surface area contributed by atoms with Crippen molar-refractivity contribution >= 4 is 5.69 Å². The molecule has 1 unspecified atom stereocenters. The molecule has 0 aliphatic carbocycles. The second kappa shape index (κ2) is 5.62. The molecular weight excluding hydrogens is 244 g/mol. The Bertz CT molecular complexity index is 580. The number of nitro benzene ring substituents is 1. The van der Waals surface area contributed by atoms with Gasteiger partial charge in [-0.15, -0.1) is 0 Å². The van der Waals surface area contributed by atoms with E-state index in [1.807, 2.05) is 26.1 Å². The fraction of sp³-hybridized carbons (Fsp3) is 0.308. The molecule has 0 saturated carbocycles. The highest BCUT2D eigenvalue weighted by molar-refractivity contribution is 5.41. The first kappa shape index (κ1) is 13.2. The van der Waals surface area contributed by atoms with Gasteiger partial charge in [-0.1, -0.05) is 18.2 Å². The van der Waals surface area contributed by atoms with Crippen LogP contribution in [0.15, 0.2) is 36.5 Å². The van der Waals surface area contributed by atoms with Crippen molar-refractivity contribution in [2.75, 3.05) is 0 Å². The molecule has 0 radical (unpaired) electrons. The van der Waals surface area contributed by atoms with Crippen LogP contribution in [0.1, 0.15) is 24.2 Å². The number of hydrogen-bond acceptors (Lipinski definition) is 4. The summed E-state index contributed by atoms with van der Waals surface area (Å²) >= 11 is 0. The lowest BCUT2D eigenvalue weighted by molar-refractivity contribution is -0.385. The topological polar surface area (TPSA) is 73.0 Å². The third-order valence-electron chi connectivity index (χ3n) is 3.11. The van der Waals surface area contributed by atoms with Gasteiger partial charge in [-0.05, 0) is 13.0 Å². The number of aromatic nitrogens is 2. The van der Waals surface area contributed by atoms with E-state index < -0.39 is 0 Å². The monoisotopic (exact) mass is 260 g/mol. The Labute approximate surface area is 111 Å². The van der Waals surface area contributed by atoms with Gasteiger partial charge in [0.2, 0.25) is 0 Å². The van der Waals surface area contributed by atoms with Crippen molar-refractivity contribution < 1.29 is 4.92 Å². The molecular formula is C13H16N4O2. The lowest BCUT2D eigenvalue weighted by Gasteiger charge is -2.14. The molecule has 2 rings (SSSR count). The van der Waals surface area contributed by atoms with Gasteiger partial charge in [0.15, 0.2) is 0 Å². The Hall–Kier alpha value is -2.21. The molecule has 1 aromatic carbocycles. The Kier molecular flexibility index (Phi) is 3.91. The third kappa shape index (κ3) is 2.97. The number of aryl methyl sites for hydroxylation is 1. The number of rotatable bonds is 5. The van der Waals surface area contributed by atoms with Gasteiger partial charge in [-0.25, -0.2) is 0 Å².